The van der Waals surface area contributed by atoms with E-state index in [0.717, 1.165) is 54.3 Å². The Bertz CT molecular complexity index is 540. The van der Waals surface area contributed by atoms with Crippen LogP contribution in [0.2, 0.25) is 0 Å². The Morgan fingerprint density at radius 3 is 2.29 bits per heavy atom. The topological polar surface area (TPSA) is 20.2 Å². The van der Waals surface area contributed by atoms with Crippen LogP contribution in [0.1, 0.15) is 112 Å². The molecule has 0 unspecified atom stereocenters. The molecule has 28 heavy (non-hydrogen) atoms. The molecule has 0 aliphatic heterocycles. The van der Waals surface area contributed by atoms with Crippen LogP contribution in [0.3, 0.4) is 0 Å². The molecule has 4 aliphatic carbocycles. The summed E-state index contributed by atoms with van der Waals surface area (Å²) in [6, 6.07) is 0. The zero-order valence-corrected chi connectivity index (χ0v) is 19.6. The molecule has 1 nitrogen and oxygen atoms in total. The van der Waals surface area contributed by atoms with E-state index in [0.29, 0.717) is 10.8 Å². The third kappa shape index (κ3) is 3.50. The summed E-state index contributed by atoms with van der Waals surface area (Å²) in [6.07, 6.45) is 16.6. The van der Waals surface area contributed by atoms with Crippen molar-refractivity contribution < 1.29 is 5.11 Å². The van der Waals surface area contributed by atoms with E-state index in [1.165, 1.54) is 64.2 Å². The molecule has 0 heterocycles. The van der Waals surface area contributed by atoms with Gasteiger partial charge in [-0.3, -0.25) is 0 Å². The number of hydrogen-bond acceptors (Lipinski definition) is 1. The van der Waals surface area contributed by atoms with Gasteiger partial charge in [0.15, 0.2) is 0 Å². The third-order valence-electron chi connectivity index (χ3n) is 10.8. The van der Waals surface area contributed by atoms with E-state index < -0.39 is 0 Å². The number of hydrogen-bond donors (Lipinski definition) is 1. The van der Waals surface area contributed by atoms with Crippen molar-refractivity contribution in [1.29, 1.82) is 0 Å². The minimum Gasteiger partial charge on any atom is -0.393 e. The maximum absolute atomic E-state index is 10.3. The zero-order valence-electron chi connectivity index (χ0n) is 19.6. The minimum absolute atomic E-state index is 0.00830. The van der Waals surface area contributed by atoms with Gasteiger partial charge in [0.05, 0.1) is 6.10 Å². The van der Waals surface area contributed by atoms with Gasteiger partial charge < -0.3 is 5.11 Å². The molecule has 4 fully saturated rings. The fourth-order valence-corrected chi connectivity index (χ4v) is 9.26. The fourth-order valence-electron chi connectivity index (χ4n) is 9.26. The Labute approximate surface area is 175 Å². The van der Waals surface area contributed by atoms with E-state index in [1.807, 2.05) is 0 Å². The summed E-state index contributed by atoms with van der Waals surface area (Å²) < 4.78 is 0. The van der Waals surface area contributed by atoms with Crippen molar-refractivity contribution in [1.82, 2.24) is 0 Å². The van der Waals surface area contributed by atoms with Gasteiger partial charge in [0.2, 0.25) is 0 Å². The van der Waals surface area contributed by atoms with Gasteiger partial charge in [-0.05, 0) is 110 Å². The number of rotatable bonds is 5. The third-order valence-corrected chi connectivity index (χ3v) is 10.8. The first-order valence-electron chi connectivity index (χ1n) is 12.9. The van der Waals surface area contributed by atoms with E-state index in [9.17, 15) is 5.11 Å². The second-order valence-electron chi connectivity index (χ2n) is 12.6. The lowest BCUT2D eigenvalue weighted by atomic mass is 9.44. The first-order chi connectivity index (χ1) is 13.3. The molecule has 4 saturated carbocycles. The standard InChI is InChI=1S/C27H48O/c1-18(2)7-6-8-19(3)23-11-12-24-22-10-9-20-17-21(28)13-15-26(20,4)25(22)14-16-27(23,24)5/h18-25,28H,6-17H2,1-5H3/t19-,20-,21-,22+,23+,24+,25+,26-,27+/m0/s1. The fraction of sp³-hybridized carbons (Fsp3) is 1.00. The summed E-state index contributed by atoms with van der Waals surface area (Å²) in [5.74, 6) is 6.49. The van der Waals surface area contributed by atoms with Crippen molar-refractivity contribution in [3.05, 3.63) is 0 Å². The molecule has 0 bridgehead atoms. The van der Waals surface area contributed by atoms with Gasteiger partial charge in [0, 0.05) is 0 Å². The molecule has 1 heteroatoms. The van der Waals surface area contributed by atoms with Gasteiger partial charge >= 0.3 is 0 Å². The highest BCUT2D eigenvalue weighted by Crippen LogP contribution is 2.68. The van der Waals surface area contributed by atoms with Crippen molar-refractivity contribution in [3.63, 3.8) is 0 Å². The maximum Gasteiger partial charge on any atom is 0.0543 e. The zero-order chi connectivity index (χ0) is 20.1. The second-order valence-corrected chi connectivity index (χ2v) is 12.6. The van der Waals surface area contributed by atoms with Crippen LogP contribution >= 0.6 is 0 Å². The maximum atomic E-state index is 10.3. The van der Waals surface area contributed by atoms with Gasteiger partial charge in [0.25, 0.3) is 0 Å². The Morgan fingerprint density at radius 2 is 1.54 bits per heavy atom. The SMILES string of the molecule is CC(C)CCC[C@H](C)[C@H]1CC[C@@H]2[C@H]3CC[C@H]4C[C@@H](O)CC[C@]4(C)[C@@H]3CC[C@@]21C. The van der Waals surface area contributed by atoms with Gasteiger partial charge in [-0.2, -0.15) is 0 Å². The summed E-state index contributed by atoms with van der Waals surface area (Å²) in [5.41, 5.74) is 1.15. The summed E-state index contributed by atoms with van der Waals surface area (Å²) in [4.78, 5) is 0. The molecule has 1 N–H and O–H groups in total. The van der Waals surface area contributed by atoms with Crippen molar-refractivity contribution in [2.75, 3.05) is 0 Å². The number of aliphatic hydroxyl groups is 1. The highest BCUT2D eigenvalue weighted by atomic mass is 16.3. The molecule has 162 valence electrons. The van der Waals surface area contributed by atoms with Crippen molar-refractivity contribution in [2.45, 2.75) is 118 Å². The Balaban J connectivity index is 1.46. The Morgan fingerprint density at radius 1 is 0.821 bits per heavy atom. The summed E-state index contributed by atoms with van der Waals surface area (Å²) in [6.45, 7) is 12.7. The van der Waals surface area contributed by atoms with Crippen LogP contribution in [-0.2, 0) is 0 Å². The predicted molar refractivity (Wildman–Crippen MR) is 119 cm³/mol. The number of aliphatic hydroxyl groups excluding tert-OH is 1. The van der Waals surface area contributed by atoms with Gasteiger partial charge in [-0.25, -0.2) is 0 Å². The van der Waals surface area contributed by atoms with E-state index >= 15 is 0 Å². The Kier molecular flexibility index (Phi) is 5.98. The second kappa shape index (κ2) is 7.90. The van der Waals surface area contributed by atoms with Crippen molar-refractivity contribution in [3.8, 4) is 0 Å². The average Bonchev–Trinajstić information content (AvgIpc) is 2.99. The molecular weight excluding hydrogens is 340 g/mol. The van der Waals surface area contributed by atoms with E-state index in [2.05, 4.69) is 34.6 Å². The van der Waals surface area contributed by atoms with Crippen molar-refractivity contribution >= 4 is 0 Å². The lowest BCUT2D eigenvalue weighted by molar-refractivity contribution is -0.129. The quantitative estimate of drug-likeness (QED) is 0.518. The van der Waals surface area contributed by atoms with Crippen LogP contribution in [0.25, 0.3) is 0 Å². The highest BCUT2D eigenvalue weighted by molar-refractivity contribution is 5.09. The first kappa shape index (κ1) is 21.2. The molecule has 0 saturated heterocycles. The monoisotopic (exact) mass is 388 g/mol. The first-order valence-corrected chi connectivity index (χ1v) is 12.9. The summed E-state index contributed by atoms with van der Waals surface area (Å²) in [5, 5.41) is 10.3. The minimum atomic E-state index is -0.00830. The normalized spacial score (nSPS) is 49.4. The Hall–Kier alpha value is -0.0400. The van der Waals surface area contributed by atoms with Crippen LogP contribution in [0, 0.1) is 52.3 Å². The van der Waals surface area contributed by atoms with Crippen LogP contribution in [0.15, 0.2) is 0 Å². The van der Waals surface area contributed by atoms with E-state index in [1.54, 1.807) is 0 Å². The predicted octanol–water partition coefficient (Wildman–Crippen LogP) is 7.47. The largest absolute Gasteiger partial charge is 0.393 e. The highest BCUT2D eigenvalue weighted by Gasteiger charge is 2.60. The molecule has 0 aromatic carbocycles. The van der Waals surface area contributed by atoms with Crippen LogP contribution < -0.4 is 0 Å². The van der Waals surface area contributed by atoms with Crippen molar-refractivity contribution in [2.24, 2.45) is 52.3 Å². The molecule has 4 rings (SSSR count). The molecule has 0 aromatic rings. The molecule has 4 aliphatic rings. The lowest BCUT2D eigenvalue weighted by Crippen LogP contribution is -2.54. The molecule has 9 atom stereocenters. The van der Waals surface area contributed by atoms with Crippen LogP contribution in [0.5, 0.6) is 0 Å². The average molecular weight is 389 g/mol. The lowest BCUT2D eigenvalue weighted by Gasteiger charge is -2.61. The van der Waals surface area contributed by atoms with E-state index in [-0.39, 0.29) is 6.10 Å². The molecular formula is C27H48O. The van der Waals surface area contributed by atoms with Crippen LogP contribution in [-0.4, -0.2) is 11.2 Å². The van der Waals surface area contributed by atoms with Gasteiger partial charge in [-0.1, -0.05) is 53.9 Å². The molecule has 0 radical (unpaired) electrons. The smallest absolute Gasteiger partial charge is 0.0543 e. The van der Waals surface area contributed by atoms with Gasteiger partial charge in [0.1, 0.15) is 0 Å². The van der Waals surface area contributed by atoms with E-state index in [4.69, 9.17) is 0 Å². The summed E-state index contributed by atoms with van der Waals surface area (Å²) >= 11 is 0. The molecule has 0 aromatic heterocycles. The van der Waals surface area contributed by atoms with Crippen LogP contribution in [0.4, 0.5) is 0 Å². The van der Waals surface area contributed by atoms with Gasteiger partial charge in [-0.15, -0.1) is 0 Å². The molecule has 0 spiro atoms. The molecule has 0 amide bonds. The summed E-state index contributed by atoms with van der Waals surface area (Å²) in [7, 11) is 0. The number of fused-ring (bicyclic) bond motifs is 5.